The summed E-state index contributed by atoms with van der Waals surface area (Å²) in [5.41, 5.74) is 3.36. The summed E-state index contributed by atoms with van der Waals surface area (Å²) in [5.74, 6) is 2.30. The first-order chi connectivity index (χ1) is 17.2. The second kappa shape index (κ2) is 10.6. The Kier molecular flexibility index (Phi) is 6.97. The van der Waals surface area contributed by atoms with E-state index < -0.39 is 0 Å². The number of nitrogens with one attached hydrogen (secondary N) is 2. The zero-order valence-corrected chi connectivity index (χ0v) is 20.1. The number of anilines is 3. The van der Waals surface area contributed by atoms with Gasteiger partial charge in [-0.2, -0.15) is 0 Å². The van der Waals surface area contributed by atoms with Crippen LogP contribution in [-0.4, -0.2) is 78.3 Å². The first-order valence-electron chi connectivity index (χ1n) is 11.8. The van der Waals surface area contributed by atoms with Crippen LogP contribution in [0.1, 0.15) is 0 Å². The van der Waals surface area contributed by atoms with Gasteiger partial charge >= 0.3 is 0 Å². The molecule has 2 N–H and O–H groups in total. The van der Waals surface area contributed by atoms with Gasteiger partial charge in [-0.1, -0.05) is 12.1 Å². The number of piperazine rings is 1. The molecule has 180 valence electrons. The molecular weight excluding hydrogens is 440 g/mol. The van der Waals surface area contributed by atoms with E-state index in [9.17, 15) is 0 Å². The number of hydrogen-bond donors (Lipinski definition) is 2. The molecule has 1 aliphatic heterocycles. The minimum atomic E-state index is 0.502. The number of ether oxygens (including phenoxy) is 1. The lowest BCUT2D eigenvalue weighted by Gasteiger charge is -2.28. The van der Waals surface area contributed by atoms with Gasteiger partial charge in [0, 0.05) is 56.1 Å². The van der Waals surface area contributed by atoms with Crippen molar-refractivity contribution in [2.24, 2.45) is 0 Å². The van der Waals surface area contributed by atoms with Gasteiger partial charge in [-0.3, -0.25) is 4.98 Å². The van der Waals surface area contributed by atoms with Gasteiger partial charge < -0.3 is 25.2 Å². The van der Waals surface area contributed by atoms with Gasteiger partial charge in [-0.25, -0.2) is 15.0 Å². The highest BCUT2D eigenvalue weighted by molar-refractivity contribution is 5.91. The molecular formula is C26H30N8O. The van der Waals surface area contributed by atoms with Gasteiger partial charge in [0.25, 0.3) is 0 Å². The first kappa shape index (κ1) is 22.9. The quantitative estimate of drug-likeness (QED) is 0.403. The third-order valence-electron chi connectivity index (χ3n) is 5.86. The standard InChI is InChI=1S/C26H30N8O/c1-33(2)14-15-35-22-5-3-4-19(16-22)24-25-20(8-9-28-24)17-30-26(32-25)31-21-6-7-23(29-18-21)34-12-10-27-11-13-34/h3-9,16-18,27H,10-15H2,1-2H3,(H,30,31,32). The Hall–Kier alpha value is -3.82. The molecule has 5 rings (SSSR count). The van der Waals surface area contributed by atoms with E-state index in [1.54, 1.807) is 6.20 Å². The maximum absolute atomic E-state index is 5.92. The molecule has 0 saturated carbocycles. The predicted octanol–water partition coefficient (Wildman–Crippen LogP) is 3.18. The molecule has 4 heterocycles. The van der Waals surface area contributed by atoms with Crippen molar-refractivity contribution >= 4 is 28.4 Å². The number of benzene rings is 1. The van der Waals surface area contributed by atoms with E-state index >= 15 is 0 Å². The van der Waals surface area contributed by atoms with Gasteiger partial charge in [-0.05, 0) is 44.4 Å². The van der Waals surface area contributed by atoms with Crippen molar-refractivity contribution in [2.75, 3.05) is 63.6 Å². The van der Waals surface area contributed by atoms with Crippen LogP contribution in [0.15, 0.2) is 61.1 Å². The van der Waals surface area contributed by atoms with E-state index in [1.807, 2.05) is 69.0 Å². The van der Waals surface area contributed by atoms with Crippen LogP contribution in [0.5, 0.6) is 5.75 Å². The highest BCUT2D eigenvalue weighted by Crippen LogP contribution is 2.28. The van der Waals surface area contributed by atoms with Crippen LogP contribution in [0.25, 0.3) is 22.2 Å². The van der Waals surface area contributed by atoms with Crippen LogP contribution in [-0.2, 0) is 0 Å². The smallest absolute Gasteiger partial charge is 0.227 e. The molecule has 0 radical (unpaired) electrons. The Balaban J connectivity index is 1.37. The monoisotopic (exact) mass is 470 g/mol. The molecule has 3 aromatic heterocycles. The summed E-state index contributed by atoms with van der Waals surface area (Å²) in [4.78, 5) is 22.9. The largest absolute Gasteiger partial charge is 0.492 e. The third kappa shape index (κ3) is 5.64. The lowest BCUT2D eigenvalue weighted by molar-refractivity contribution is 0.261. The number of likely N-dealkylation sites (N-methyl/N-ethyl adjacent to an activating group) is 1. The molecule has 4 aromatic rings. The highest BCUT2D eigenvalue weighted by Gasteiger charge is 2.13. The first-order valence-corrected chi connectivity index (χ1v) is 11.8. The minimum Gasteiger partial charge on any atom is -0.492 e. The summed E-state index contributed by atoms with van der Waals surface area (Å²) in [7, 11) is 4.06. The van der Waals surface area contributed by atoms with Crippen molar-refractivity contribution in [3.8, 4) is 17.0 Å². The second-order valence-corrected chi connectivity index (χ2v) is 8.74. The molecule has 35 heavy (non-hydrogen) atoms. The van der Waals surface area contributed by atoms with E-state index in [2.05, 4.69) is 35.4 Å². The van der Waals surface area contributed by atoms with Crippen molar-refractivity contribution in [1.29, 1.82) is 0 Å². The number of aromatic nitrogens is 4. The fourth-order valence-corrected chi connectivity index (χ4v) is 3.98. The van der Waals surface area contributed by atoms with E-state index in [0.717, 1.165) is 72.1 Å². The summed E-state index contributed by atoms with van der Waals surface area (Å²) in [5, 5.41) is 7.57. The van der Waals surface area contributed by atoms with E-state index in [4.69, 9.17) is 9.72 Å². The molecule has 0 aliphatic carbocycles. The number of nitrogens with zero attached hydrogens (tertiary/aromatic N) is 6. The van der Waals surface area contributed by atoms with Crippen LogP contribution in [0.2, 0.25) is 0 Å². The Bertz CT molecular complexity index is 1270. The molecule has 9 nitrogen and oxygen atoms in total. The van der Waals surface area contributed by atoms with Crippen LogP contribution < -0.4 is 20.3 Å². The van der Waals surface area contributed by atoms with Gasteiger partial charge in [0.15, 0.2) is 0 Å². The maximum atomic E-state index is 5.92. The van der Waals surface area contributed by atoms with Crippen LogP contribution in [0.3, 0.4) is 0 Å². The normalized spacial score (nSPS) is 13.9. The zero-order chi connectivity index (χ0) is 24.0. The lowest BCUT2D eigenvalue weighted by Crippen LogP contribution is -2.43. The molecule has 0 bridgehead atoms. The summed E-state index contributed by atoms with van der Waals surface area (Å²) in [6.45, 7) is 5.36. The van der Waals surface area contributed by atoms with E-state index in [-0.39, 0.29) is 0 Å². The van der Waals surface area contributed by atoms with Crippen LogP contribution in [0.4, 0.5) is 17.5 Å². The van der Waals surface area contributed by atoms with Crippen molar-refractivity contribution in [1.82, 2.24) is 30.2 Å². The molecule has 0 unspecified atom stereocenters. The van der Waals surface area contributed by atoms with Gasteiger partial charge in [0.1, 0.15) is 23.7 Å². The van der Waals surface area contributed by atoms with Gasteiger partial charge in [0.05, 0.1) is 17.6 Å². The summed E-state index contributed by atoms with van der Waals surface area (Å²) < 4.78 is 5.92. The van der Waals surface area contributed by atoms with Crippen LogP contribution >= 0.6 is 0 Å². The molecule has 1 fully saturated rings. The number of fused-ring (bicyclic) bond motifs is 1. The molecule has 1 aromatic carbocycles. The Morgan fingerprint density at radius 2 is 1.91 bits per heavy atom. The Labute approximate surface area is 205 Å². The fourth-order valence-electron chi connectivity index (χ4n) is 3.98. The number of pyridine rings is 2. The maximum Gasteiger partial charge on any atom is 0.227 e. The number of rotatable bonds is 8. The average Bonchev–Trinajstić information content (AvgIpc) is 2.89. The SMILES string of the molecule is CN(C)CCOc1cccc(-c2nccc3cnc(Nc4ccc(N5CCNCC5)nc4)nc23)c1. The summed E-state index contributed by atoms with van der Waals surface area (Å²) in [6.07, 6.45) is 5.42. The van der Waals surface area contributed by atoms with Crippen molar-refractivity contribution in [3.63, 3.8) is 0 Å². The molecule has 1 saturated heterocycles. The molecule has 0 spiro atoms. The minimum absolute atomic E-state index is 0.502. The number of hydrogen-bond acceptors (Lipinski definition) is 9. The van der Waals surface area contributed by atoms with Crippen LogP contribution in [0, 0.1) is 0 Å². The van der Waals surface area contributed by atoms with E-state index in [1.165, 1.54) is 0 Å². The Morgan fingerprint density at radius 1 is 1.03 bits per heavy atom. The third-order valence-corrected chi connectivity index (χ3v) is 5.86. The van der Waals surface area contributed by atoms with Crippen molar-refractivity contribution in [3.05, 3.63) is 61.1 Å². The average molecular weight is 471 g/mol. The second-order valence-electron chi connectivity index (χ2n) is 8.74. The van der Waals surface area contributed by atoms with Gasteiger partial charge in [-0.15, -0.1) is 0 Å². The molecule has 0 amide bonds. The lowest BCUT2D eigenvalue weighted by atomic mass is 10.1. The molecule has 0 atom stereocenters. The van der Waals surface area contributed by atoms with Crippen molar-refractivity contribution in [2.45, 2.75) is 0 Å². The molecule has 9 heteroatoms. The zero-order valence-electron chi connectivity index (χ0n) is 20.1. The predicted molar refractivity (Wildman–Crippen MR) is 139 cm³/mol. The fraction of sp³-hybridized carbons (Fsp3) is 0.308. The van der Waals surface area contributed by atoms with E-state index in [0.29, 0.717) is 12.6 Å². The Morgan fingerprint density at radius 3 is 2.71 bits per heavy atom. The molecule has 1 aliphatic rings. The topological polar surface area (TPSA) is 91.3 Å². The summed E-state index contributed by atoms with van der Waals surface area (Å²) in [6, 6.07) is 13.9. The van der Waals surface area contributed by atoms with Crippen molar-refractivity contribution < 1.29 is 4.74 Å². The highest BCUT2D eigenvalue weighted by atomic mass is 16.5. The summed E-state index contributed by atoms with van der Waals surface area (Å²) >= 11 is 0. The van der Waals surface area contributed by atoms with Gasteiger partial charge in [0.2, 0.25) is 5.95 Å².